The molecule has 3 aromatic rings. The van der Waals surface area contributed by atoms with Crippen LogP contribution in [0.1, 0.15) is 16.6 Å². The first-order valence-electron chi connectivity index (χ1n) is 6.53. The standard InChI is InChI=1S/C16H15ClN2S/c1-18-15(16-13(17)8-9-20-16)10-12-7-6-11-4-2-3-5-14(11)19-12/h2-9,15,18H,10H2,1H3. The Morgan fingerprint density at radius 1 is 1.20 bits per heavy atom. The number of thiophene rings is 1. The minimum atomic E-state index is 0.205. The largest absolute Gasteiger partial charge is 0.312 e. The number of halogens is 1. The van der Waals surface area contributed by atoms with Crippen LogP contribution in [-0.2, 0) is 6.42 Å². The van der Waals surface area contributed by atoms with Gasteiger partial charge in [-0.2, -0.15) is 0 Å². The van der Waals surface area contributed by atoms with E-state index in [2.05, 4.69) is 23.5 Å². The van der Waals surface area contributed by atoms with Crippen LogP contribution < -0.4 is 5.32 Å². The van der Waals surface area contributed by atoms with E-state index in [0.29, 0.717) is 0 Å². The van der Waals surface area contributed by atoms with Gasteiger partial charge in [-0.3, -0.25) is 4.98 Å². The second kappa shape index (κ2) is 5.92. The van der Waals surface area contributed by atoms with Gasteiger partial charge in [-0.25, -0.2) is 0 Å². The smallest absolute Gasteiger partial charge is 0.0705 e. The van der Waals surface area contributed by atoms with Crippen LogP contribution in [0, 0.1) is 0 Å². The van der Waals surface area contributed by atoms with E-state index in [0.717, 1.165) is 22.7 Å². The summed E-state index contributed by atoms with van der Waals surface area (Å²) in [5, 5.41) is 7.35. The number of fused-ring (bicyclic) bond motifs is 1. The summed E-state index contributed by atoms with van der Waals surface area (Å²) in [5.74, 6) is 0. The molecule has 0 radical (unpaired) electrons. The molecule has 0 spiro atoms. The molecule has 102 valence electrons. The summed E-state index contributed by atoms with van der Waals surface area (Å²) >= 11 is 7.91. The second-order valence-electron chi connectivity index (χ2n) is 4.67. The predicted molar refractivity (Wildman–Crippen MR) is 86.6 cm³/mol. The normalized spacial score (nSPS) is 12.7. The lowest BCUT2D eigenvalue weighted by Gasteiger charge is -2.15. The molecule has 1 N–H and O–H groups in total. The number of likely N-dealkylation sites (N-methyl/N-ethyl adjacent to an activating group) is 1. The van der Waals surface area contributed by atoms with Crippen molar-refractivity contribution in [3.63, 3.8) is 0 Å². The maximum Gasteiger partial charge on any atom is 0.0705 e. The van der Waals surface area contributed by atoms with Gasteiger partial charge in [0.2, 0.25) is 0 Å². The molecule has 0 fully saturated rings. The van der Waals surface area contributed by atoms with Crippen molar-refractivity contribution >= 4 is 33.8 Å². The van der Waals surface area contributed by atoms with Crippen molar-refractivity contribution in [1.29, 1.82) is 0 Å². The topological polar surface area (TPSA) is 24.9 Å². The zero-order valence-electron chi connectivity index (χ0n) is 11.1. The number of rotatable bonds is 4. The molecule has 0 bridgehead atoms. The first-order chi connectivity index (χ1) is 9.78. The Bertz CT molecular complexity index is 723. The Kier molecular flexibility index (Phi) is 4.01. The van der Waals surface area contributed by atoms with Gasteiger partial charge < -0.3 is 5.32 Å². The molecule has 1 aromatic carbocycles. The van der Waals surface area contributed by atoms with Gasteiger partial charge in [-0.05, 0) is 30.6 Å². The Labute approximate surface area is 127 Å². The maximum absolute atomic E-state index is 6.22. The van der Waals surface area contributed by atoms with Crippen molar-refractivity contribution in [3.05, 3.63) is 63.4 Å². The first-order valence-corrected chi connectivity index (χ1v) is 7.78. The van der Waals surface area contributed by atoms with Crippen LogP contribution in [-0.4, -0.2) is 12.0 Å². The van der Waals surface area contributed by atoms with Crippen molar-refractivity contribution < 1.29 is 0 Å². The zero-order valence-corrected chi connectivity index (χ0v) is 12.7. The molecule has 0 saturated carbocycles. The van der Waals surface area contributed by atoms with Gasteiger partial charge >= 0.3 is 0 Å². The third-order valence-electron chi connectivity index (χ3n) is 3.38. The Morgan fingerprint density at radius 2 is 2.05 bits per heavy atom. The van der Waals surface area contributed by atoms with Gasteiger partial charge in [-0.15, -0.1) is 11.3 Å². The summed E-state index contributed by atoms with van der Waals surface area (Å²) in [5.41, 5.74) is 2.12. The fourth-order valence-electron chi connectivity index (χ4n) is 2.31. The molecule has 0 saturated heterocycles. The Hall–Kier alpha value is -1.42. The third kappa shape index (κ3) is 2.70. The highest BCUT2D eigenvalue weighted by Gasteiger charge is 2.15. The van der Waals surface area contributed by atoms with Gasteiger partial charge in [-0.1, -0.05) is 35.9 Å². The lowest BCUT2D eigenvalue weighted by molar-refractivity contribution is 0.595. The number of hydrogen-bond acceptors (Lipinski definition) is 3. The highest BCUT2D eigenvalue weighted by molar-refractivity contribution is 7.10. The SMILES string of the molecule is CNC(Cc1ccc2ccccc2n1)c1sccc1Cl. The highest BCUT2D eigenvalue weighted by atomic mass is 35.5. The fraction of sp³-hybridized carbons (Fsp3) is 0.188. The number of para-hydroxylation sites is 1. The van der Waals surface area contributed by atoms with Crippen LogP contribution >= 0.6 is 22.9 Å². The van der Waals surface area contributed by atoms with Crippen molar-refractivity contribution in [2.24, 2.45) is 0 Å². The molecular weight excluding hydrogens is 288 g/mol. The van der Waals surface area contributed by atoms with E-state index in [4.69, 9.17) is 16.6 Å². The molecule has 0 aliphatic heterocycles. The van der Waals surface area contributed by atoms with Crippen LogP contribution in [0.25, 0.3) is 10.9 Å². The minimum Gasteiger partial charge on any atom is -0.312 e. The monoisotopic (exact) mass is 302 g/mol. The summed E-state index contributed by atoms with van der Waals surface area (Å²) in [6.07, 6.45) is 0.835. The van der Waals surface area contributed by atoms with Gasteiger partial charge in [0, 0.05) is 28.4 Å². The fourth-order valence-corrected chi connectivity index (χ4v) is 3.61. The predicted octanol–water partition coefficient (Wildman–Crippen LogP) is 4.45. The third-order valence-corrected chi connectivity index (χ3v) is 4.85. The van der Waals surface area contributed by atoms with Crippen LogP contribution in [0.5, 0.6) is 0 Å². The zero-order chi connectivity index (χ0) is 13.9. The number of aromatic nitrogens is 1. The number of nitrogens with one attached hydrogen (secondary N) is 1. The van der Waals surface area contributed by atoms with Crippen LogP contribution in [0.3, 0.4) is 0 Å². The number of pyridine rings is 1. The van der Waals surface area contributed by atoms with E-state index in [1.807, 2.05) is 36.7 Å². The quantitative estimate of drug-likeness (QED) is 0.770. The Morgan fingerprint density at radius 3 is 2.80 bits per heavy atom. The van der Waals surface area contributed by atoms with E-state index in [1.54, 1.807) is 11.3 Å². The average molecular weight is 303 g/mol. The van der Waals surface area contributed by atoms with Gasteiger partial charge in [0.25, 0.3) is 0 Å². The van der Waals surface area contributed by atoms with Gasteiger partial charge in [0.15, 0.2) is 0 Å². The molecule has 2 nitrogen and oxygen atoms in total. The summed E-state index contributed by atoms with van der Waals surface area (Å²) in [4.78, 5) is 5.89. The molecule has 4 heteroatoms. The van der Waals surface area contributed by atoms with Crippen molar-refractivity contribution in [3.8, 4) is 0 Å². The molecule has 0 aliphatic carbocycles. The molecule has 0 amide bonds. The first kappa shape index (κ1) is 13.6. The Balaban J connectivity index is 1.89. The molecule has 2 heterocycles. The number of benzene rings is 1. The minimum absolute atomic E-state index is 0.205. The van der Waals surface area contributed by atoms with Crippen molar-refractivity contribution in [1.82, 2.24) is 10.3 Å². The van der Waals surface area contributed by atoms with Crippen molar-refractivity contribution in [2.45, 2.75) is 12.5 Å². The lowest BCUT2D eigenvalue weighted by atomic mass is 10.1. The summed E-state index contributed by atoms with van der Waals surface area (Å²) < 4.78 is 0. The molecule has 1 unspecified atom stereocenters. The highest BCUT2D eigenvalue weighted by Crippen LogP contribution is 2.30. The molecule has 20 heavy (non-hydrogen) atoms. The molecule has 3 rings (SSSR count). The molecule has 1 atom stereocenters. The molecular formula is C16H15ClN2S. The average Bonchev–Trinajstić information content (AvgIpc) is 2.91. The van der Waals surface area contributed by atoms with Gasteiger partial charge in [0.05, 0.1) is 10.5 Å². The molecule has 2 aromatic heterocycles. The van der Waals surface area contributed by atoms with Crippen LogP contribution in [0.15, 0.2) is 47.8 Å². The lowest BCUT2D eigenvalue weighted by Crippen LogP contribution is -2.18. The van der Waals surface area contributed by atoms with Crippen LogP contribution in [0.4, 0.5) is 0 Å². The van der Waals surface area contributed by atoms with E-state index in [9.17, 15) is 0 Å². The maximum atomic E-state index is 6.22. The van der Waals surface area contributed by atoms with Crippen LogP contribution in [0.2, 0.25) is 5.02 Å². The van der Waals surface area contributed by atoms with Crippen molar-refractivity contribution in [2.75, 3.05) is 7.05 Å². The van der Waals surface area contributed by atoms with Gasteiger partial charge in [0.1, 0.15) is 0 Å². The van der Waals surface area contributed by atoms with E-state index < -0.39 is 0 Å². The van der Waals surface area contributed by atoms with E-state index in [-0.39, 0.29) is 6.04 Å². The molecule has 0 aliphatic rings. The number of hydrogen-bond donors (Lipinski definition) is 1. The van der Waals surface area contributed by atoms with E-state index in [1.165, 1.54) is 10.3 Å². The van der Waals surface area contributed by atoms with E-state index >= 15 is 0 Å². The second-order valence-corrected chi connectivity index (χ2v) is 6.03. The number of nitrogens with zero attached hydrogens (tertiary/aromatic N) is 1. The summed E-state index contributed by atoms with van der Waals surface area (Å²) in [7, 11) is 1.96. The summed E-state index contributed by atoms with van der Waals surface area (Å²) in [6.45, 7) is 0. The summed E-state index contributed by atoms with van der Waals surface area (Å²) in [6, 6.07) is 14.5.